The lowest BCUT2D eigenvalue weighted by Crippen LogP contribution is -2.13. The Balaban J connectivity index is 2.03. The normalized spacial score (nSPS) is 10.6. The fraction of sp³-hybridized carbons (Fsp3) is 0.0769. The van der Waals surface area contributed by atoms with E-state index in [2.05, 4.69) is 25.6 Å². The SMILES string of the molecule is Cc1nc(-c2cnn(-c3ccccc3)n2)nc(NN)c1F. The van der Waals surface area contributed by atoms with E-state index in [1.807, 2.05) is 30.3 Å². The van der Waals surface area contributed by atoms with Gasteiger partial charge in [-0.1, -0.05) is 18.2 Å². The molecule has 21 heavy (non-hydrogen) atoms. The van der Waals surface area contributed by atoms with Crippen LogP contribution in [0.4, 0.5) is 10.2 Å². The number of anilines is 1. The van der Waals surface area contributed by atoms with E-state index in [0.29, 0.717) is 5.69 Å². The molecule has 3 rings (SSSR count). The predicted molar refractivity (Wildman–Crippen MR) is 74.9 cm³/mol. The topological polar surface area (TPSA) is 94.5 Å². The van der Waals surface area contributed by atoms with Crippen LogP contribution in [0.25, 0.3) is 17.2 Å². The van der Waals surface area contributed by atoms with Crippen molar-refractivity contribution in [3.63, 3.8) is 0 Å². The van der Waals surface area contributed by atoms with Gasteiger partial charge in [-0.2, -0.15) is 9.90 Å². The van der Waals surface area contributed by atoms with Crippen molar-refractivity contribution in [1.82, 2.24) is 25.0 Å². The number of halogens is 1. The molecule has 0 amide bonds. The Bertz CT molecular complexity index is 769. The van der Waals surface area contributed by atoms with Gasteiger partial charge < -0.3 is 5.43 Å². The van der Waals surface area contributed by atoms with Crippen molar-refractivity contribution < 1.29 is 4.39 Å². The minimum atomic E-state index is -0.586. The third-order valence-electron chi connectivity index (χ3n) is 2.86. The average molecular weight is 285 g/mol. The minimum Gasteiger partial charge on any atom is -0.306 e. The Hall–Kier alpha value is -2.87. The van der Waals surface area contributed by atoms with Gasteiger partial charge in [0, 0.05) is 0 Å². The molecule has 2 heterocycles. The molecule has 0 aliphatic heterocycles. The second-order valence-corrected chi connectivity index (χ2v) is 4.29. The lowest BCUT2D eigenvalue weighted by Gasteiger charge is -2.05. The molecule has 0 saturated carbocycles. The summed E-state index contributed by atoms with van der Waals surface area (Å²) in [4.78, 5) is 9.50. The van der Waals surface area contributed by atoms with E-state index in [-0.39, 0.29) is 17.3 Å². The number of hydrogen-bond donors (Lipinski definition) is 2. The van der Waals surface area contributed by atoms with Crippen LogP contribution in [0, 0.1) is 12.7 Å². The lowest BCUT2D eigenvalue weighted by atomic mass is 10.3. The van der Waals surface area contributed by atoms with Gasteiger partial charge >= 0.3 is 0 Å². The molecule has 3 aromatic rings. The Morgan fingerprint density at radius 1 is 1.19 bits per heavy atom. The van der Waals surface area contributed by atoms with Crippen molar-refractivity contribution in [3.05, 3.63) is 48.0 Å². The van der Waals surface area contributed by atoms with Gasteiger partial charge in [0.2, 0.25) is 0 Å². The second kappa shape index (κ2) is 5.25. The van der Waals surface area contributed by atoms with E-state index in [1.165, 1.54) is 17.9 Å². The van der Waals surface area contributed by atoms with Crippen LogP contribution in [0.1, 0.15) is 5.69 Å². The highest BCUT2D eigenvalue weighted by atomic mass is 19.1. The monoisotopic (exact) mass is 285 g/mol. The molecule has 106 valence electrons. The summed E-state index contributed by atoms with van der Waals surface area (Å²) in [6.45, 7) is 1.53. The zero-order chi connectivity index (χ0) is 14.8. The Morgan fingerprint density at radius 2 is 1.95 bits per heavy atom. The molecule has 0 aliphatic rings. The maximum absolute atomic E-state index is 13.7. The summed E-state index contributed by atoms with van der Waals surface area (Å²) in [6, 6.07) is 9.40. The van der Waals surface area contributed by atoms with Gasteiger partial charge in [0.1, 0.15) is 0 Å². The zero-order valence-electron chi connectivity index (χ0n) is 11.2. The molecule has 0 fully saturated rings. The highest BCUT2D eigenvalue weighted by Gasteiger charge is 2.14. The fourth-order valence-corrected chi connectivity index (χ4v) is 1.82. The summed E-state index contributed by atoms with van der Waals surface area (Å²) >= 11 is 0. The fourth-order valence-electron chi connectivity index (χ4n) is 1.82. The molecule has 7 nitrogen and oxygen atoms in total. The number of nitrogen functional groups attached to an aromatic ring is 1. The van der Waals surface area contributed by atoms with Crippen molar-refractivity contribution in [2.24, 2.45) is 5.84 Å². The molecule has 1 aromatic carbocycles. The van der Waals surface area contributed by atoms with Crippen LogP contribution in [-0.4, -0.2) is 25.0 Å². The van der Waals surface area contributed by atoms with Crippen molar-refractivity contribution in [2.75, 3.05) is 5.43 Å². The standard InChI is InChI=1S/C13H12FN7/c1-8-11(14)13(19-15)18-12(17-8)10-7-16-21(20-10)9-5-3-2-4-6-9/h2-7H,15H2,1H3,(H,17,18,19). The molecule has 2 aromatic heterocycles. The zero-order valence-corrected chi connectivity index (χ0v) is 11.2. The number of rotatable bonds is 3. The summed E-state index contributed by atoms with van der Waals surface area (Å²) in [7, 11) is 0. The van der Waals surface area contributed by atoms with Gasteiger partial charge in [0.25, 0.3) is 0 Å². The quantitative estimate of drug-likeness (QED) is 0.559. The lowest BCUT2D eigenvalue weighted by molar-refractivity contribution is 0.606. The van der Waals surface area contributed by atoms with Crippen LogP contribution >= 0.6 is 0 Å². The molecule has 0 unspecified atom stereocenters. The molecular formula is C13H12FN7. The van der Waals surface area contributed by atoms with Crippen molar-refractivity contribution in [1.29, 1.82) is 0 Å². The van der Waals surface area contributed by atoms with Crippen molar-refractivity contribution in [3.8, 4) is 17.2 Å². The first-order valence-corrected chi connectivity index (χ1v) is 6.18. The number of nitrogens with two attached hydrogens (primary N) is 1. The number of hydrazine groups is 1. The summed E-state index contributed by atoms with van der Waals surface area (Å²) < 4.78 is 13.7. The van der Waals surface area contributed by atoms with Crippen LogP contribution < -0.4 is 11.3 Å². The van der Waals surface area contributed by atoms with Gasteiger partial charge in [-0.25, -0.2) is 20.2 Å². The summed E-state index contributed by atoms with van der Waals surface area (Å²) in [5.74, 6) is 4.83. The molecule has 0 spiro atoms. The van der Waals surface area contributed by atoms with E-state index in [4.69, 9.17) is 5.84 Å². The molecule has 0 aliphatic carbocycles. The molecule has 3 N–H and O–H groups in total. The van der Waals surface area contributed by atoms with E-state index in [0.717, 1.165) is 5.69 Å². The van der Waals surface area contributed by atoms with E-state index >= 15 is 0 Å². The Labute approximate surface area is 119 Å². The van der Waals surface area contributed by atoms with Crippen LogP contribution in [-0.2, 0) is 0 Å². The van der Waals surface area contributed by atoms with E-state index in [1.54, 1.807) is 0 Å². The first-order chi connectivity index (χ1) is 10.2. The number of para-hydroxylation sites is 1. The third kappa shape index (κ3) is 2.43. The molecule has 0 saturated heterocycles. The van der Waals surface area contributed by atoms with Crippen LogP contribution in [0.2, 0.25) is 0 Å². The highest BCUT2D eigenvalue weighted by molar-refractivity contribution is 5.52. The maximum Gasteiger partial charge on any atom is 0.187 e. The smallest absolute Gasteiger partial charge is 0.187 e. The second-order valence-electron chi connectivity index (χ2n) is 4.29. The minimum absolute atomic E-state index is 0.0771. The average Bonchev–Trinajstić information content (AvgIpc) is 3.00. The van der Waals surface area contributed by atoms with Gasteiger partial charge in [-0.15, -0.1) is 5.10 Å². The van der Waals surface area contributed by atoms with Crippen LogP contribution in [0.3, 0.4) is 0 Å². The molecule has 0 atom stereocenters. The Morgan fingerprint density at radius 3 is 2.67 bits per heavy atom. The van der Waals surface area contributed by atoms with Gasteiger partial charge in [0.05, 0.1) is 17.6 Å². The number of benzene rings is 1. The number of aromatic nitrogens is 5. The number of nitrogens with one attached hydrogen (secondary N) is 1. The van der Waals surface area contributed by atoms with Gasteiger partial charge in [0.15, 0.2) is 23.2 Å². The van der Waals surface area contributed by atoms with Gasteiger partial charge in [-0.05, 0) is 19.1 Å². The van der Waals surface area contributed by atoms with Crippen LogP contribution in [0.5, 0.6) is 0 Å². The number of hydrogen-bond acceptors (Lipinski definition) is 6. The molecule has 0 bridgehead atoms. The van der Waals surface area contributed by atoms with Crippen molar-refractivity contribution in [2.45, 2.75) is 6.92 Å². The summed E-state index contributed by atoms with van der Waals surface area (Å²) in [5.41, 5.74) is 3.62. The summed E-state index contributed by atoms with van der Waals surface area (Å²) in [5, 5.41) is 8.44. The van der Waals surface area contributed by atoms with E-state index < -0.39 is 5.82 Å². The van der Waals surface area contributed by atoms with E-state index in [9.17, 15) is 4.39 Å². The molecule has 0 radical (unpaired) electrons. The summed E-state index contributed by atoms with van der Waals surface area (Å²) in [6.07, 6.45) is 1.51. The van der Waals surface area contributed by atoms with Crippen LogP contribution in [0.15, 0.2) is 36.5 Å². The first kappa shape index (κ1) is 13.1. The molecular weight excluding hydrogens is 273 g/mol. The van der Waals surface area contributed by atoms with Crippen molar-refractivity contribution >= 4 is 5.82 Å². The molecule has 8 heteroatoms. The third-order valence-corrected chi connectivity index (χ3v) is 2.86. The number of nitrogens with zero attached hydrogens (tertiary/aromatic N) is 5. The Kier molecular flexibility index (Phi) is 3.28. The highest BCUT2D eigenvalue weighted by Crippen LogP contribution is 2.19. The van der Waals surface area contributed by atoms with Gasteiger partial charge in [-0.3, -0.25) is 0 Å². The predicted octanol–water partition coefficient (Wildman–Crippen LogP) is 1.46. The maximum atomic E-state index is 13.7. The first-order valence-electron chi connectivity index (χ1n) is 6.18. The number of aryl methyl sites for hydroxylation is 1. The largest absolute Gasteiger partial charge is 0.306 e.